The van der Waals surface area contributed by atoms with E-state index in [2.05, 4.69) is 31.4 Å². The molecule has 1 amide bonds. The predicted octanol–water partition coefficient (Wildman–Crippen LogP) is 3.04. The largest absolute Gasteiger partial charge is 0.352 e. The molecule has 5 heteroatoms. The zero-order chi connectivity index (χ0) is 15.0. The minimum atomic E-state index is -0.173. The molecule has 0 radical (unpaired) electrons. The first-order chi connectivity index (χ1) is 9.45. The summed E-state index contributed by atoms with van der Waals surface area (Å²) < 4.78 is 8.73. The molecule has 1 saturated carbocycles. The summed E-state index contributed by atoms with van der Waals surface area (Å²) in [5, 5.41) is 6.56. The minimum absolute atomic E-state index is 0.106. The third kappa shape index (κ3) is 6.46. The molecule has 1 aliphatic rings. The second-order valence-electron chi connectivity index (χ2n) is 6.78. The molecular formula is C15H30N2O2S. The van der Waals surface area contributed by atoms with Crippen LogP contribution in [0.5, 0.6) is 0 Å². The molecule has 1 aliphatic carbocycles. The van der Waals surface area contributed by atoms with Crippen LogP contribution in [0.4, 0.5) is 0 Å². The molecule has 118 valence electrons. The summed E-state index contributed by atoms with van der Waals surface area (Å²) in [4.78, 5) is 12.5. The predicted molar refractivity (Wildman–Crippen MR) is 86.0 cm³/mol. The van der Waals surface area contributed by atoms with E-state index in [1.54, 1.807) is 0 Å². The number of carbonyl (C=O) groups excluding carboxylic acids is 1. The highest BCUT2D eigenvalue weighted by Crippen LogP contribution is 2.22. The normalized spacial score (nSPS) is 18.8. The molecular weight excluding hydrogens is 272 g/mol. The highest BCUT2D eigenvalue weighted by Gasteiger charge is 2.31. The van der Waals surface area contributed by atoms with Gasteiger partial charge >= 0.3 is 0 Å². The third-order valence-corrected chi connectivity index (χ3v) is 4.31. The van der Waals surface area contributed by atoms with Gasteiger partial charge in [0.05, 0.1) is 6.04 Å². The molecule has 1 fully saturated rings. The number of amides is 1. The van der Waals surface area contributed by atoms with Gasteiger partial charge in [0.1, 0.15) is 0 Å². The summed E-state index contributed by atoms with van der Waals surface area (Å²) in [6.07, 6.45) is 6.85. The van der Waals surface area contributed by atoms with Crippen LogP contribution in [0.1, 0.15) is 59.3 Å². The van der Waals surface area contributed by atoms with Crippen molar-refractivity contribution in [2.24, 2.45) is 5.41 Å². The van der Waals surface area contributed by atoms with Gasteiger partial charge in [0.2, 0.25) is 5.91 Å². The van der Waals surface area contributed by atoms with Crippen LogP contribution < -0.4 is 10.6 Å². The average molecular weight is 302 g/mol. The second-order valence-corrected chi connectivity index (χ2v) is 7.45. The number of rotatable bonds is 7. The van der Waals surface area contributed by atoms with E-state index in [0.29, 0.717) is 11.8 Å². The van der Waals surface area contributed by atoms with Crippen molar-refractivity contribution in [3.05, 3.63) is 0 Å². The van der Waals surface area contributed by atoms with Crippen molar-refractivity contribution in [2.75, 3.05) is 12.3 Å². The maximum absolute atomic E-state index is 12.5. The van der Waals surface area contributed by atoms with Crippen molar-refractivity contribution in [2.45, 2.75) is 71.4 Å². The highest BCUT2D eigenvalue weighted by atomic mass is 32.2. The molecule has 1 atom stereocenters. The Kier molecular flexibility index (Phi) is 7.92. The molecule has 0 heterocycles. The van der Waals surface area contributed by atoms with Crippen molar-refractivity contribution >= 4 is 17.9 Å². The topological polar surface area (TPSA) is 61.4 Å². The van der Waals surface area contributed by atoms with E-state index in [-0.39, 0.29) is 17.4 Å². The monoisotopic (exact) mass is 302 g/mol. The molecule has 0 aromatic carbocycles. The minimum Gasteiger partial charge on any atom is -0.352 e. The molecule has 0 aromatic rings. The van der Waals surface area contributed by atoms with Crippen LogP contribution >= 0.6 is 12.0 Å². The van der Waals surface area contributed by atoms with E-state index in [4.69, 9.17) is 4.55 Å². The van der Waals surface area contributed by atoms with Gasteiger partial charge in [-0.25, -0.2) is 0 Å². The summed E-state index contributed by atoms with van der Waals surface area (Å²) in [6, 6.07) is 0.184. The van der Waals surface area contributed by atoms with E-state index in [0.717, 1.165) is 37.8 Å². The quantitative estimate of drug-likeness (QED) is 0.500. The average Bonchev–Trinajstić information content (AvgIpc) is 2.38. The van der Waals surface area contributed by atoms with Gasteiger partial charge in [-0.15, -0.1) is 0 Å². The van der Waals surface area contributed by atoms with Gasteiger partial charge in [-0.2, -0.15) is 0 Å². The number of carbonyl (C=O) groups is 1. The highest BCUT2D eigenvalue weighted by molar-refractivity contribution is 7.93. The lowest BCUT2D eigenvalue weighted by molar-refractivity contribution is -0.126. The van der Waals surface area contributed by atoms with Crippen molar-refractivity contribution < 1.29 is 9.35 Å². The maximum atomic E-state index is 12.5. The molecule has 3 N–H and O–H groups in total. The Morgan fingerprint density at radius 3 is 2.50 bits per heavy atom. The van der Waals surface area contributed by atoms with Gasteiger partial charge in [0.15, 0.2) is 0 Å². The van der Waals surface area contributed by atoms with Crippen LogP contribution in [-0.4, -0.2) is 34.8 Å². The van der Waals surface area contributed by atoms with Gasteiger partial charge < -0.3 is 15.2 Å². The standard InChI is InChI=1S/C15H30N2O2S/c1-15(2,3)13(16-10-7-11-20-19)14(18)17-12-8-5-4-6-9-12/h12-13,16,19H,4-11H2,1-3H3,(H,17,18). The van der Waals surface area contributed by atoms with Crippen molar-refractivity contribution in [1.82, 2.24) is 10.6 Å². The smallest absolute Gasteiger partial charge is 0.237 e. The Labute approximate surface area is 127 Å². The summed E-state index contributed by atoms with van der Waals surface area (Å²) >= 11 is 0.857. The molecule has 0 saturated heterocycles. The number of hydrogen-bond acceptors (Lipinski definition) is 4. The molecule has 0 spiro atoms. The first-order valence-electron chi connectivity index (χ1n) is 7.75. The molecule has 1 rings (SSSR count). The lowest BCUT2D eigenvalue weighted by atomic mass is 9.85. The van der Waals surface area contributed by atoms with Gasteiger partial charge in [0.25, 0.3) is 0 Å². The Balaban J connectivity index is 2.46. The zero-order valence-electron chi connectivity index (χ0n) is 13.1. The fourth-order valence-electron chi connectivity index (χ4n) is 2.71. The van der Waals surface area contributed by atoms with Gasteiger partial charge in [-0.3, -0.25) is 4.79 Å². The first-order valence-corrected chi connectivity index (χ1v) is 8.69. The van der Waals surface area contributed by atoms with Crippen LogP contribution in [0.2, 0.25) is 0 Å². The van der Waals surface area contributed by atoms with Crippen LogP contribution in [-0.2, 0) is 4.79 Å². The first kappa shape index (κ1) is 17.8. The Morgan fingerprint density at radius 1 is 1.30 bits per heavy atom. The molecule has 20 heavy (non-hydrogen) atoms. The third-order valence-electron chi connectivity index (χ3n) is 3.84. The Morgan fingerprint density at radius 2 is 1.95 bits per heavy atom. The SMILES string of the molecule is CC(C)(C)C(NCCCSO)C(=O)NC1CCCCC1. The van der Waals surface area contributed by atoms with Gasteiger partial charge in [-0.05, 0) is 43.3 Å². The van der Waals surface area contributed by atoms with E-state index in [1.807, 2.05) is 0 Å². The van der Waals surface area contributed by atoms with Crippen LogP contribution in [0.3, 0.4) is 0 Å². The fourth-order valence-corrected chi connectivity index (χ4v) is 2.98. The summed E-state index contributed by atoms with van der Waals surface area (Å²) in [5.74, 6) is 0.828. The van der Waals surface area contributed by atoms with Gasteiger partial charge in [-0.1, -0.05) is 40.0 Å². The second kappa shape index (κ2) is 8.90. The maximum Gasteiger partial charge on any atom is 0.237 e. The summed E-state index contributed by atoms with van der Waals surface area (Å²) in [6.45, 7) is 7.03. The van der Waals surface area contributed by atoms with Crippen molar-refractivity contribution in [3.63, 3.8) is 0 Å². The van der Waals surface area contributed by atoms with Crippen molar-refractivity contribution in [3.8, 4) is 0 Å². The lowest BCUT2D eigenvalue weighted by Gasteiger charge is -2.33. The fraction of sp³-hybridized carbons (Fsp3) is 0.933. The van der Waals surface area contributed by atoms with Crippen molar-refractivity contribution in [1.29, 1.82) is 0 Å². The van der Waals surface area contributed by atoms with Crippen LogP contribution in [0.25, 0.3) is 0 Å². The molecule has 0 bridgehead atoms. The molecule has 0 aliphatic heterocycles. The van der Waals surface area contributed by atoms with Crippen LogP contribution in [0.15, 0.2) is 0 Å². The van der Waals surface area contributed by atoms with Crippen LogP contribution in [0, 0.1) is 5.41 Å². The summed E-state index contributed by atoms with van der Waals surface area (Å²) in [5.41, 5.74) is -0.106. The number of hydrogen-bond donors (Lipinski definition) is 3. The Bertz CT molecular complexity index is 286. The van der Waals surface area contributed by atoms with Gasteiger partial charge in [0, 0.05) is 11.8 Å². The zero-order valence-corrected chi connectivity index (χ0v) is 13.9. The molecule has 1 unspecified atom stereocenters. The van der Waals surface area contributed by atoms with E-state index in [9.17, 15) is 4.79 Å². The molecule has 4 nitrogen and oxygen atoms in total. The number of nitrogens with one attached hydrogen (secondary N) is 2. The van der Waals surface area contributed by atoms with E-state index >= 15 is 0 Å². The van der Waals surface area contributed by atoms with E-state index in [1.165, 1.54) is 19.3 Å². The Hall–Kier alpha value is -0.260. The molecule has 0 aromatic heterocycles. The summed E-state index contributed by atoms with van der Waals surface area (Å²) in [7, 11) is 0. The van der Waals surface area contributed by atoms with E-state index < -0.39 is 0 Å². The lowest BCUT2D eigenvalue weighted by Crippen LogP contribution is -2.54.